The molecule has 0 radical (unpaired) electrons. The molecule has 0 heterocycles. The maximum absolute atomic E-state index is 13.0. The lowest BCUT2D eigenvalue weighted by Gasteiger charge is -2.21. The molecule has 0 aromatic rings. The summed E-state index contributed by atoms with van der Waals surface area (Å²) >= 11 is 0. The summed E-state index contributed by atoms with van der Waals surface area (Å²) in [6.45, 7) is 11.8. The van der Waals surface area contributed by atoms with Gasteiger partial charge in [-0.15, -0.1) is 0 Å². The van der Waals surface area contributed by atoms with Crippen LogP contribution in [0.1, 0.15) is 363 Å². The number of phosphoric acid groups is 2. The topological polar surface area (TPSA) is 237 Å². The molecule has 0 amide bonds. The Balaban J connectivity index is 5.26. The number of carbonyl (C=O) groups is 4. The van der Waals surface area contributed by atoms with E-state index in [0.29, 0.717) is 25.7 Å². The van der Waals surface area contributed by atoms with E-state index in [9.17, 15) is 43.2 Å². The summed E-state index contributed by atoms with van der Waals surface area (Å²) in [7, 11) is -9.91. The molecule has 0 spiro atoms. The lowest BCUT2D eigenvalue weighted by molar-refractivity contribution is -0.161. The molecular weight excluding hydrogens is 1200 g/mol. The number of aliphatic hydroxyl groups excluding tert-OH is 1. The number of rotatable bonds is 70. The van der Waals surface area contributed by atoms with Crippen molar-refractivity contribution in [3.05, 3.63) is 0 Å². The fourth-order valence-electron chi connectivity index (χ4n) is 10.9. The Labute approximate surface area is 556 Å². The van der Waals surface area contributed by atoms with Crippen LogP contribution in [0.15, 0.2) is 0 Å². The quantitative estimate of drug-likeness (QED) is 0.0222. The van der Waals surface area contributed by atoms with Gasteiger partial charge in [0.25, 0.3) is 0 Å². The number of esters is 4. The van der Waals surface area contributed by atoms with Gasteiger partial charge in [0.2, 0.25) is 0 Å². The summed E-state index contributed by atoms with van der Waals surface area (Å²) in [6.07, 6.45) is 47.1. The Bertz CT molecular complexity index is 1790. The van der Waals surface area contributed by atoms with Gasteiger partial charge in [-0.25, -0.2) is 9.13 Å². The van der Waals surface area contributed by atoms with Crippen molar-refractivity contribution in [3.8, 4) is 0 Å². The molecule has 17 nitrogen and oxygen atoms in total. The van der Waals surface area contributed by atoms with Gasteiger partial charge in [0, 0.05) is 25.7 Å². The molecule has 0 saturated heterocycles. The third-order valence-corrected chi connectivity index (χ3v) is 18.9. The molecule has 0 aliphatic carbocycles. The number of carbonyl (C=O) groups excluding carboxylic acids is 4. The largest absolute Gasteiger partial charge is 0.472 e. The molecule has 0 aromatic heterocycles. The van der Waals surface area contributed by atoms with Gasteiger partial charge in [0.15, 0.2) is 12.2 Å². The standard InChI is InChI=1S/C72H140O17P2/c1-8-10-11-12-13-14-15-16-17-20-26-31-39-46-53-69(74)82-59-67(88-71(76)55-48-41-32-27-21-18-19-24-29-36-43-50-63(3)4)61-86-90(78,79)84-57-66(73)58-85-91(80,81)87-62-68(60-83-70(75)54-47-40-35-34-38-45-52-65(7)9-2)89-72(77)56-49-42-33-28-23-22-25-30-37-44-51-64(5)6/h63-68,73H,8-62H2,1-7H3,(H,78,79)(H,80,81)/t65?,66-,67-,68-/m1/s1. The molecule has 3 unspecified atom stereocenters. The molecule has 0 aromatic carbocycles. The summed E-state index contributed by atoms with van der Waals surface area (Å²) in [5.41, 5.74) is 0. The van der Waals surface area contributed by atoms with Crippen LogP contribution in [0.4, 0.5) is 0 Å². The van der Waals surface area contributed by atoms with E-state index in [4.69, 9.17) is 37.0 Å². The second kappa shape index (κ2) is 62.8. The highest BCUT2D eigenvalue weighted by Gasteiger charge is 2.30. The molecule has 19 heteroatoms. The van der Waals surface area contributed by atoms with Crippen molar-refractivity contribution in [3.63, 3.8) is 0 Å². The van der Waals surface area contributed by atoms with E-state index in [1.54, 1.807) is 0 Å². The zero-order chi connectivity index (χ0) is 67.3. The second-order valence-electron chi connectivity index (χ2n) is 27.2. The SMILES string of the molecule is CCCCCCCCCCCCCCCCC(=O)OC[C@H](COP(=O)(O)OC[C@@H](O)COP(=O)(O)OC[C@@H](COC(=O)CCCCCCCCC(C)CC)OC(=O)CCCCCCCCCCCCC(C)C)OC(=O)CCCCCCCCCCCCCC(C)C. The molecule has 6 atom stereocenters. The molecule has 540 valence electrons. The Morgan fingerprint density at radius 1 is 0.319 bits per heavy atom. The van der Waals surface area contributed by atoms with E-state index >= 15 is 0 Å². The van der Waals surface area contributed by atoms with Crippen LogP contribution >= 0.6 is 15.6 Å². The third kappa shape index (κ3) is 65.1. The highest BCUT2D eigenvalue weighted by atomic mass is 31.2. The van der Waals surface area contributed by atoms with Crippen LogP contribution in [0, 0.1) is 17.8 Å². The van der Waals surface area contributed by atoms with Gasteiger partial charge >= 0.3 is 39.5 Å². The summed E-state index contributed by atoms with van der Waals surface area (Å²) in [6, 6.07) is 0. The van der Waals surface area contributed by atoms with Gasteiger partial charge in [-0.3, -0.25) is 37.3 Å². The predicted molar refractivity (Wildman–Crippen MR) is 368 cm³/mol. The second-order valence-corrected chi connectivity index (χ2v) is 30.1. The number of hydrogen-bond donors (Lipinski definition) is 3. The first-order valence-electron chi connectivity index (χ1n) is 37.4. The molecular formula is C72H140O17P2. The predicted octanol–water partition coefficient (Wildman–Crippen LogP) is 20.6. The highest BCUT2D eigenvalue weighted by molar-refractivity contribution is 7.47. The summed E-state index contributed by atoms with van der Waals surface area (Å²) in [5, 5.41) is 10.6. The van der Waals surface area contributed by atoms with Gasteiger partial charge in [-0.05, 0) is 43.4 Å². The first-order valence-corrected chi connectivity index (χ1v) is 40.4. The first kappa shape index (κ1) is 89.1. The van der Waals surface area contributed by atoms with E-state index < -0.39 is 97.5 Å². The number of aliphatic hydroxyl groups is 1. The summed E-state index contributed by atoms with van der Waals surface area (Å²) in [5.74, 6) is 0.125. The maximum atomic E-state index is 13.0. The minimum Gasteiger partial charge on any atom is -0.462 e. The normalized spacial score (nSPS) is 14.5. The van der Waals surface area contributed by atoms with E-state index in [-0.39, 0.29) is 25.7 Å². The lowest BCUT2D eigenvalue weighted by atomic mass is 10.00. The Morgan fingerprint density at radius 2 is 0.560 bits per heavy atom. The average Bonchev–Trinajstić information content (AvgIpc) is 3.71. The smallest absolute Gasteiger partial charge is 0.462 e. The van der Waals surface area contributed by atoms with E-state index in [1.807, 2.05) is 0 Å². The molecule has 0 bridgehead atoms. The molecule has 0 aliphatic heterocycles. The zero-order valence-corrected chi connectivity index (χ0v) is 61.1. The summed E-state index contributed by atoms with van der Waals surface area (Å²) in [4.78, 5) is 72.6. The first-order chi connectivity index (χ1) is 43.8. The van der Waals surface area contributed by atoms with E-state index in [1.165, 1.54) is 167 Å². The van der Waals surface area contributed by atoms with E-state index in [0.717, 1.165) is 114 Å². The number of phosphoric ester groups is 2. The van der Waals surface area contributed by atoms with Crippen molar-refractivity contribution in [2.24, 2.45) is 17.8 Å². The minimum atomic E-state index is -4.95. The fraction of sp³-hybridized carbons (Fsp3) is 0.944. The van der Waals surface area contributed by atoms with Gasteiger partial charge in [0.05, 0.1) is 26.4 Å². The van der Waals surface area contributed by atoms with Crippen molar-refractivity contribution in [1.82, 2.24) is 0 Å². The van der Waals surface area contributed by atoms with Crippen molar-refractivity contribution in [2.75, 3.05) is 39.6 Å². The highest BCUT2D eigenvalue weighted by Crippen LogP contribution is 2.45. The van der Waals surface area contributed by atoms with Crippen LogP contribution in [0.3, 0.4) is 0 Å². The zero-order valence-electron chi connectivity index (χ0n) is 59.3. The number of ether oxygens (including phenoxy) is 4. The van der Waals surface area contributed by atoms with Crippen molar-refractivity contribution < 1.29 is 80.2 Å². The molecule has 0 aliphatic rings. The molecule has 0 rings (SSSR count). The van der Waals surface area contributed by atoms with Crippen molar-refractivity contribution >= 4 is 39.5 Å². The fourth-order valence-corrected chi connectivity index (χ4v) is 12.4. The van der Waals surface area contributed by atoms with Gasteiger partial charge < -0.3 is 33.8 Å². The maximum Gasteiger partial charge on any atom is 0.472 e. The lowest BCUT2D eigenvalue weighted by Crippen LogP contribution is -2.30. The molecule has 0 fully saturated rings. The Kier molecular flexibility index (Phi) is 61.5. The van der Waals surface area contributed by atoms with Gasteiger partial charge in [0.1, 0.15) is 19.3 Å². The Hall–Kier alpha value is -1.94. The van der Waals surface area contributed by atoms with Crippen LogP contribution in [0.2, 0.25) is 0 Å². The van der Waals surface area contributed by atoms with Crippen molar-refractivity contribution in [2.45, 2.75) is 381 Å². The Morgan fingerprint density at radius 3 is 0.835 bits per heavy atom. The van der Waals surface area contributed by atoms with E-state index in [2.05, 4.69) is 48.5 Å². The van der Waals surface area contributed by atoms with Gasteiger partial charge in [-0.2, -0.15) is 0 Å². The monoisotopic (exact) mass is 1340 g/mol. The third-order valence-electron chi connectivity index (χ3n) is 17.0. The molecule has 91 heavy (non-hydrogen) atoms. The average molecular weight is 1340 g/mol. The van der Waals surface area contributed by atoms with Crippen LogP contribution in [-0.4, -0.2) is 96.7 Å². The summed E-state index contributed by atoms with van der Waals surface area (Å²) < 4.78 is 68.4. The number of unbranched alkanes of at least 4 members (excludes halogenated alkanes) is 37. The van der Waals surface area contributed by atoms with Crippen LogP contribution in [-0.2, 0) is 65.4 Å². The van der Waals surface area contributed by atoms with Crippen molar-refractivity contribution in [1.29, 1.82) is 0 Å². The van der Waals surface area contributed by atoms with Crippen LogP contribution in [0.5, 0.6) is 0 Å². The molecule has 0 saturated carbocycles. The van der Waals surface area contributed by atoms with Crippen LogP contribution < -0.4 is 0 Å². The number of hydrogen-bond acceptors (Lipinski definition) is 15. The molecule has 3 N–H and O–H groups in total. The minimum absolute atomic E-state index is 0.105. The van der Waals surface area contributed by atoms with Crippen LogP contribution in [0.25, 0.3) is 0 Å². The van der Waals surface area contributed by atoms with Gasteiger partial charge in [-0.1, -0.05) is 312 Å².